The van der Waals surface area contributed by atoms with E-state index in [4.69, 9.17) is 34.8 Å². The molecule has 2 rings (SSSR count). The summed E-state index contributed by atoms with van der Waals surface area (Å²) in [6, 6.07) is 4.67. The maximum absolute atomic E-state index is 10.9. The fourth-order valence-electron chi connectivity index (χ4n) is 1.30. The molecule has 0 fully saturated rings. The molecule has 0 atom stereocenters. The second-order valence-corrected chi connectivity index (χ2v) is 4.56. The van der Waals surface area contributed by atoms with Crippen molar-refractivity contribution in [2.24, 2.45) is 0 Å². The highest BCUT2D eigenvalue weighted by Crippen LogP contribution is 2.31. The number of nitrogens with zero attached hydrogens (tertiary/aromatic N) is 3. The van der Waals surface area contributed by atoms with Crippen LogP contribution in [0.4, 0.5) is 17.2 Å². The molecule has 2 aromatic rings. The smallest absolute Gasteiger partial charge is 0.329 e. The number of anilines is 2. The van der Waals surface area contributed by atoms with Crippen LogP contribution in [0.2, 0.25) is 15.3 Å². The fraction of sp³-hybridized carbons (Fsp3) is 0. The van der Waals surface area contributed by atoms with Crippen molar-refractivity contribution in [3.8, 4) is 0 Å². The number of aromatic nitrogens is 2. The summed E-state index contributed by atoms with van der Waals surface area (Å²) >= 11 is 17.4. The van der Waals surface area contributed by atoms with Crippen LogP contribution >= 0.6 is 34.8 Å². The van der Waals surface area contributed by atoms with Crippen LogP contribution in [0.5, 0.6) is 0 Å². The SMILES string of the molecule is O=[N+]([O-])c1cnc(Cl)nc1Nc1cc(Cl)ccc1Cl. The minimum absolute atomic E-state index is 0.0610. The molecule has 0 bridgehead atoms. The first-order valence-corrected chi connectivity index (χ1v) is 6.00. The van der Waals surface area contributed by atoms with Gasteiger partial charge in [0, 0.05) is 5.02 Å². The summed E-state index contributed by atoms with van der Waals surface area (Å²) in [6.07, 6.45) is 1.01. The molecule has 0 aliphatic heterocycles. The Kier molecular flexibility index (Phi) is 4.04. The van der Waals surface area contributed by atoms with E-state index in [-0.39, 0.29) is 16.8 Å². The Balaban J connectivity index is 2.45. The third kappa shape index (κ3) is 3.23. The third-order valence-electron chi connectivity index (χ3n) is 2.12. The number of nitro groups is 1. The molecule has 0 spiro atoms. The quantitative estimate of drug-likeness (QED) is 0.523. The molecule has 0 saturated heterocycles. The first kappa shape index (κ1) is 13.8. The summed E-state index contributed by atoms with van der Waals surface area (Å²) < 4.78 is 0. The van der Waals surface area contributed by atoms with E-state index in [1.165, 1.54) is 6.07 Å². The second-order valence-electron chi connectivity index (χ2n) is 3.38. The van der Waals surface area contributed by atoms with Gasteiger partial charge >= 0.3 is 5.69 Å². The van der Waals surface area contributed by atoms with Gasteiger partial charge in [0.1, 0.15) is 6.20 Å². The summed E-state index contributed by atoms with van der Waals surface area (Å²) in [5, 5.41) is 14.2. The van der Waals surface area contributed by atoms with E-state index in [0.717, 1.165) is 6.20 Å². The zero-order valence-electron chi connectivity index (χ0n) is 9.10. The highest BCUT2D eigenvalue weighted by molar-refractivity contribution is 6.35. The Labute approximate surface area is 122 Å². The molecule has 0 saturated carbocycles. The van der Waals surface area contributed by atoms with Gasteiger partial charge in [0.15, 0.2) is 0 Å². The average Bonchev–Trinajstić information content (AvgIpc) is 2.33. The van der Waals surface area contributed by atoms with Gasteiger partial charge in [-0.1, -0.05) is 23.2 Å². The van der Waals surface area contributed by atoms with Gasteiger partial charge in [-0.05, 0) is 29.8 Å². The minimum atomic E-state index is -0.628. The first-order valence-electron chi connectivity index (χ1n) is 4.86. The lowest BCUT2D eigenvalue weighted by Crippen LogP contribution is -2.01. The molecule has 1 aromatic heterocycles. The van der Waals surface area contributed by atoms with E-state index in [1.807, 2.05) is 0 Å². The number of benzene rings is 1. The van der Waals surface area contributed by atoms with Crippen LogP contribution in [0.25, 0.3) is 0 Å². The van der Waals surface area contributed by atoms with Crippen LogP contribution < -0.4 is 5.32 Å². The Morgan fingerprint density at radius 1 is 1.26 bits per heavy atom. The molecule has 1 aromatic carbocycles. The summed E-state index contributed by atoms with van der Waals surface area (Å²) in [5.41, 5.74) is 0.0625. The lowest BCUT2D eigenvalue weighted by Gasteiger charge is -2.08. The van der Waals surface area contributed by atoms with Crippen molar-refractivity contribution in [1.82, 2.24) is 9.97 Å². The molecule has 1 heterocycles. The molecule has 1 N–H and O–H groups in total. The number of hydrogen-bond acceptors (Lipinski definition) is 5. The molecule has 9 heteroatoms. The van der Waals surface area contributed by atoms with E-state index in [0.29, 0.717) is 15.7 Å². The molecule has 98 valence electrons. The average molecular weight is 320 g/mol. The minimum Gasteiger partial charge on any atom is -0.333 e. The van der Waals surface area contributed by atoms with Crippen LogP contribution in [0.3, 0.4) is 0 Å². The maximum Gasteiger partial charge on any atom is 0.329 e. The van der Waals surface area contributed by atoms with Crippen LogP contribution in [0.15, 0.2) is 24.4 Å². The summed E-state index contributed by atoms with van der Waals surface area (Å²) in [6.45, 7) is 0. The van der Waals surface area contributed by atoms with Crippen molar-refractivity contribution >= 4 is 52.0 Å². The van der Waals surface area contributed by atoms with Gasteiger partial charge in [0.2, 0.25) is 11.1 Å². The van der Waals surface area contributed by atoms with E-state index in [2.05, 4.69) is 15.3 Å². The Morgan fingerprint density at radius 3 is 2.68 bits per heavy atom. The summed E-state index contributed by atoms with van der Waals surface area (Å²) in [4.78, 5) is 17.5. The van der Waals surface area contributed by atoms with Gasteiger partial charge in [-0.25, -0.2) is 4.98 Å². The molecular formula is C10H5Cl3N4O2. The van der Waals surface area contributed by atoms with E-state index < -0.39 is 4.92 Å². The van der Waals surface area contributed by atoms with Gasteiger partial charge in [0.25, 0.3) is 0 Å². The number of hydrogen-bond donors (Lipinski definition) is 1. The summed E-state index contributed by atoms with van der Waals surface area (Å²) in [7, 11) is 0. The predicted molar refractivity (Wildman–Crippen MR) is 73.4 cm³/mol. The van der Waals surface area contributed by atoms with Gasteiger partial charge in [-0.2, -0.15) is 4.98 Å². The van der Waals surface area contributed by atoms with Gasteiger partial charge in [-0.15, -0.1) is 0 Å². The lowest BCUT2D eigenvalue weighted by atomic mass is 10.3. The molecule has 6 nitrogen and oxygen atoms in total. The molecule has 0 amide bonds. The van der Waals surface area contributed by atoms with Gasteiger partial charge in [-0.3, -0.25) is 10.1 Å². The van der Waals surface area contributed by atoms with Crippen molar-refractivity contribution in [2.75, 3.05) is 5.32 Å². The monoisotopic (exact) mass is 318 g/mol. The van der Waals surface area contributed by atoms with Crippen molar-refractivity contribution in [3.05, 3.63) is 49.8 Å². The Morgan fingerprint density at radius 2 is 2.00 bits per heavy atom. The number of nitrogens with one attached hydrogen (secondary N) is 1. The second kappa shape index (κ2) is 5.56. The highest BCUT2D eigenvalue weighted by atomic mass is 35.5. The molecular weight excluding hydrogens is 314 g/mol. The molecule has 0 aliphatic carbocycles. The normalized spacial score (nSPS) is 10.3. The van der Waals surface area contributed by atoms with Crippen LogP contribution in [0, 0.1) is 10.1 Å². The lowest BCUT2D eigenvalue weighted by molar-refractivity contribution is -0.384. The molecule has 19 heavy (non-hydrogen) atoms. The van der Waals surface area contributed by atoms with E-state index >= 15 is 0 Å². The van der Waals surface area contributed by atoms with Crippen molar-refractivity contribution in [3.63, 3.8) is 0 Å². The van der Waals surface area contributed by atoms with Crippen LogP contribution in [-0.2, 0) is 0 Å². The number of halogens is 3. The van der Waals surface area contributed by atoms with E-state index in [1.54, 1.807) is 12.1 Å². The Hall–Kier alpha value is -1.63. The van der Waals surface area contributed by atoms with Gasteiger partial charge < -0.3 is 5.32 Å². The van der Waals surface area contributed by atoms with Crippen molar-refractivity contribution < 1.29 is 4.92 Å². The zero-order valence-corrected chi connectivity index (χ0v) is 11.4. The molecule has 0 unspecified atom stereocenters. The maximum atomic E-state index is 10.9. The van der Waals surface area contributed by atoms with Crippen LogP contribution in [-0.4, -0.2) is 14.9 Å². The highest BCUT2D eigenvalue weighted by Gasteiger charge is 2.18. The standard InChI is InChI=1S/C10H5Cl3N4O2/c11-5-1-2-6(12)7(3-5)15-9-8(17(18)19)4-14-10(13)16-9/h1-4H,(H,14,15,16). The summed E-state index contributed by atoms with van der Waals surface area (Å²) in [5.74, 6) is -0.0610. The zero-order chi connectivity index (χ0) is 14.0. The van der Waals surface area contributed by atoms with E-state index in [9.17, 15) is 10.1 Å². The third-order valence-corrected chi connectivity index (χ3v) is 2.87. The first-order chi connectivity index (χ1) is 8.97. The van der Waals surface area contributed by atoms with Crippen LogP contribution in [0.1, 0.15) is 0 Å². The largest absolute Gasteiger partial charge is 0.333 e. The topological polar surface area (TPSA) is 81.0 Å². The van der Waals surface area contributed by atoms with Gasteiger partial charge in [0.05, 0.1) is 15.6 Å². The Bertz CT molecular complexity index is 651. The van der Waals surface area contributed by atoms with Crippen molar-refractivity contribution in [2.45, 2.75) is 0 Å². The molecule has 0 radical (unpaired) electrons. The number of rotatable bonds is 3. The molecule has 0 aliphatic rings. The van der Waals surface area contributed by atoms with Crippen molar-refractivity contribution in [1.29, 1.82) is 0 Å². The predicted octanol–water partition coefficient (Wildman–Crippen LogP) is 4.09. The fourth-order valence-corrected chi connectivity index (χ4v) is 1.77.